The first-order chi connectivity index (χ1) is 9.34. The number of carbonyl (C=O) groups is 2. The molecule has 0 amide bonds. The van der Waals surface area contributed by atoms with Crippen LogP contribution < -0.4 is 0 Å². The van der Waals surface area contributed by atoms with Gasteiger partial charge in [-0.05, 0) is 25.0 Å². The summed E-state index contributed by atoms with van der Waals surface area (Å²) < 4.78 is 41.5. The zero-order chi connectivity index (χ0) is 15.2. The molecule has 1 rings (SSSR count). The summed E-state index contributed by atoms with van der Waals surface area (Å²) >= 11 is 0. The molecule has 0 spiro atoms. The van der Waals surface area contributed by atoms with Gasteiger partial charge in [0.05, 0.1) is 12.7 Å². The van der Waals surface area contributed by atoms with Crippen molar-refractivity contribution in [1.82, 2.24) is 0 Å². The van der Waals surface area contributed by atoms with E-state index in [1.807, 2.05) is 0 Å². The van der Waals surface area contributed by atoms with Crippen LogP contribution in [0.25, 0.3) is 0 Å². The molecule has 0 aliphatic carbocycles. The van der Waals surface area contributed by atoms with Crippen molar-refractivity contribution in [3.8, 4) is 0 Å². The maximum atomic E-state index is 12.3. The van der Waals surface area contributed by atoms with Gasteiger partial charge in [0.25, 0.3) is 0 Å². The molecule has 0 aliphatic heterocycles. The number of hydrogen-bond acceptors (Lipinski definition) is 3. The van der Waals surface area contributed by atoms with Crippen LogP contribution in [0.15, 0.2) is 24.3 Å². The molecule has 0 radical (unpaired) electrons. The lowest BCUT2D eigenvalue weighted by Crippen LogP contribution is -2.06. The Labute approximate surface area is 114 Å². The van der Waals surface area contributed by atoms with E-state index >= 15 is 0 Å². The van der Waals surface area contributed by atoms with Gasteiger partial charge in [-0.2, -0.15) is 13.2 Å². The largest absolute Gasteiger partial charge is 0.469 e. The van der Waals surface area contributed by atoms with Crippen molar-refractivity contribution in [3.05, 3.63) is 35.4 Å². The topological polar surface area (TPSA) is 43.4 Å². The fourth-order valence-corrected chi connectivity index (χ4v) is 1.65. The van der Waals surface area contributed by atoms with Crippen LogP contribution in [0.5, 0.6) is 0 Å². The van der Waals surface area contributed by atoms with Crippen molar-refractivity contribution >= 4 is 11.8 Å². The molecule has 0 aromatic heterocycles. The minimum Gasteiger partial charge on any atom is -0.469 e. The maximum Gasteiger partial charge on any atom is 0.416 e. The van der Waals surface area contributed by atoms with E-state index in [-0.39, 0.29) is 30.2 Å². The lowest BCUT2D eigenvalue weighted by atomic mass is 10.0. The van der Waals surface area contributed by atoms with Crippen molar-refractivity contribution in [2.24, 2.45) is 0 Å². The first-order valence-corrected chi connectivity index (χ1v) is 6.12. The van der Waals surface area contributed by atoms with Gasteiger partial charge in [0.1, 0.15) is 0 Å². The second-order valence-corrected chi connectivity index (χ2v) is 4.28. The van der Waals surface area contributed by atoms with Crippen LogP contribution in [0.3, 0.4) is 0 Å². The Bertz CT molecular complexity index is 464. The monoisotopic (exact) mass is 288 g/mol. The number of halogens is 3. The van der Waals surface area contributed by atoms with E-state index in [2.05, 4.69) is 4.74 Å². The van der Waals surface area contributed by atoms with Crippen LogP contribution >= 0.6 is 0 Å². The summed E-state index contributed by atoms with van der Waals surface area (Å²) in [4.78, 5) is 22.6. The minimum absolute atomic E-state index is 0.197. The average molecular weight is 288 g/mol. The third-order valence-electron chi connectivity index (χ3n) is 2.80. The van der Waals surface area contributed by atoms with Crippen molar-refractivity contribution in [2.75, 3.05) is 7.11 Å². The molecule has 0 fully saturated rings. The average Bonchev–Trinajstić information content (AvgIpc) is 2.42. The van der Waals surface area contributed by atoms with Gasteiger partial charge in [-0.3, -0.25) is 9.59 Å². The van der Waals surface area contributed by atoms with Crippen LogP contribution in [0.1, 0.15) is 41.6 Å². The normalized spacial score (nSPS) is 11.2. The van der Waals surface area contributed by atoms with Gasteiger partial charge in [-0.1, -0.05) is 12.1 Å². The number of esters is 1. The molecular weight excluding hydrogens is 273 g/mol. The highest BCUT2D eigenvalue weighted by Crippen LogP contribution is 2.29. The van der Waals surface area contributed by atoms with E-state index in [1.54, 1.807) is 0 Å². The first kappa shape index (κ1) is 16.2. The molecule has 0 atom stereocenters. The van der Waals surface area contributed by atoms with Gasteiger partial charge in [0.2, 0.25) is 0 Å². The number of benzene rings is 1. The molecule has 3 nitrogen and oxygen atoms in total. The fraction of sp³-hybridized carbons (Fsp3) is 0.429. The van der Waals surface area contributed by atoms with Crippen LogP contribution in [0.4, 0.5) is 13.2 Å². The molecule has 110 valence electrons. The standard InChI is InChI=1S/C14H15F3O3/c1-20-13(19)5-3-2-4-12(18)10-6-8-11(9-7-10)14(15,16)17/h6-9H,2-5H2,1H3. The van der Waals surface area contributed by atoms with E-state index in [0.717, 1.165) is 12.1 Å². The number of unbranched alkanes of at least 4 members (excludes halogenated alkanes) is 1. The van der Waals surface area contributed by atoms with Crippen molar-refractivity contribution in [2.45, 2.75) is 31.9 Å². The molecule has 0 aliphatic rings. The highest BCUT2D eigenvalue weighted by molar-refractivity contribution is 5.96. The molecular formula is C14H15F3O3. The molecule has 0 saturated carbocycles. The fourth-order valence-electron chi connectivity index (χ4n) is 1.65. The van der Waals surface area contributed by atoms with Crippen LogP contribution in [-0.4, -0.2) is 18.9 Å². The van der Waals surface area contributed by atoms with Crippen molar-refractivity contribution in [3.63, 3.8) is 0 Å². The minimum atomic E-state index is -4.40. The highest BCUT2D eigenvalue weighted by Gasteiger charge is 2.30. The lowest BCUT2D eigenvalue weighted by Gasteiger charge is -2.07. The van der Waals surface area contributed by atoms with Crippen LogP contribution in [0, 0.1) is 0 Å². The Hall–Kier alpha value is -1.85. The third kappa shape index (κ3) is 5.03. The second-order valence-electron chi connectivity index (χ2n) is 4.28. The van der Waals surface area contributed by atoms with Gasteiger partial charge in [-0.25, -0.2) is 0 Å². The zero-order valence-corrected chi connectivity index (χ0v) is 11.0. The summed E-state index contributed by atoms with van der Waals surface area (Å²) in [6.07, 6.45) is -2.96. The summed E-state index contributed by atoms with van der Waals surface area (Å²) in [7, 11) is 1.29. The Morgan fingerprint density at radius 1 is 1.05 bits per heavy atom. The summed E-state index contributed by atoms with van der Waals surface area (Å²) in [5.74, 6) is -0.574. The van der Waals surface area contributed by atoms with Crippen LogP contribution in [0.2, 0.25) is 0 Å². The molecule has 1 aromatic carbocycles. The number of carbonyl (C=O) groups excluding carboxylic acids is 2. The molecule has 0 unspecified atom stereocenters. The SMILES string of the molecule is COC(=O)CCCCC(=O)c1ccc(C(F)(F)F)cc1. The molecule has 6 heteroatoms. The highest BCUT2D eigenvalue weighted by atomic mass is 19.4. The van der Waals surface area contributed by atoms with E-state index in [0.29, 0.717) is 12.8 Å². The summed E-state index contributed by atoms with van der Waals surface area (Å²) in [6.45, 7) is 0. The van der Waals surface area contributed by atoms with Crippen molar-refractivity contribution < 1.29 is 27.5 Å². The lowest BCUT2D eigenvalue weighted by molar-refractivity contribution is -0.140. The Morgan fingerprint density at radius 3 is 2.10 bits per heavy atom. The van der Waals surface area contributed by atoms with E-state index < -0.39 is 11.7 Å². The second kappa shape index (κ2) is 7.07. The Kier molecular flexibility index (Phi) is 5.73. The predicted octanol–water partition coefficient (Wildman–Crippen LogP) is 3.62. The quantitative estimate of drug-likeness (QED) is 0.456. The van der Waals surface area contributed by atoms with Crippen molar-refractivity contribution in [1.29, 1.82) is 0 Å². The molecule has 1 aromatic rings. The third-order valence-corrected chi connectivity index (χ3v) is 2.80. The van der Waals surface area contributed by atoms with Gasteiger partial charge < -0.3 is 4.74 Å². The zero-order valence-electron chi connectivity index (χ0n) is 11.0. The number of hydrogen-bond donors (Lipinski definition) is 0. The molecule has 0 N–H and O–H groups in total. The smallest absolute Gasteiger partial charge is 0.416 e. The summed E-state index contributed by atoms with van der Waals surface area (Å²) in [5, 5.41) is 0. The van der Waals surface area contributed by atoms with Gasteiger partial charge in [0, 0.05) is 18.4 Å². The van der Waals surface area contributed by atoms with Gasteiger partial charge in [0.15, 0.2) is 5.78 Å². The number of ketones is 1. The van der Waals surface area contributed by atoms with E-state index in [4.69, 9.17) is 0 Å². The maximum absolute atomic E-state index is 12.3. The number of Topliss-reactive ketones (excluding diaryl/α,β-unsaturated/α-hetero) is 1. The Morgan fingerprint density at radius 2 is 1.60 bits per heavy atom. The number of rotatable bonds is 6. The molecule has 0 heterocycles. The van der Waals surface area contributed by atoms with Gasteiger partial charge in [-0.15, -0.1) is 0 Å². The summed E-state index contributed by atoms with van der Waals surface area (Å²) in [6, 6.07) is 4.13. The van der Waals surface area contributed by atoms with E-state index in [9.17, 15) is 22.8 Å². The summed E-state index contributed by atoms with van der Waals surface area (Å²) in [5.41, 5.74) is -0.532. The molecule has 0 saturated heterocycles. The van der Waals surface area contributed by atoms with E-state index in [1.165, 1.54) is 19.2 Å². The number of ether oxygens (including phenoxy) is 1. The number of alkyl halides is 3. The molecule has 0 bridgehead atoms. The Balaban J connectivity index is 2.46. The predicted molar refractivity (Wildman–Crippen MR) is 66.3 cm³/mol. The van der Waals surface area contributed by atoms with Gasteiger partial charge >= 0.3 is 12.1 Å². The first-order valence-electron chi connectivity index (χ1n) is 6.12. The van der Waals surface area contributed by atoms with Crippen LogP contribution in [-0.2, 0) is 15.7 Å². The number of methoxy groups -OCH3 is 1. The molecule has 20 heavy (non-hydrogen) atoms.